The van der Waals surface area contributed by atoms with Gasteiger partial charge in [-0.05, 0) is 55.7 Å². The van der Waals surface area contributed by atoms with E-state index in [1.807, 2.05) is 0 Å². The van der Waals surface area contributed by atoms with Crippen LogP contribution in [0.4, 0.5) is 14.5 Å². The Morgan fingerprint density at radius 1 is 1.11 bits per heavy atom. The summed E-state index contributed by atoms with van der Waals surface area (Å²) in [7, 11) is -3.96. The predicted octanol–water partition coefficient (Wildman–Crippen LogP) is 3.86. The van der Waals surface area contributed by atoms with E-state index in [1.54, 1.807) is 6.92 Å². The summed E-state index contributed by atoms with van der Waals surface area (Å²) in [5.74, 6) is -2.20. The Morgan fingerprint density at radius 3 is 2.31 bits per heavy atom. The number of halogens is 3. The lowest BCUT2D eigenvalue weighted by molar-refractivity contribution is -0.139. The molecule has 1 aliphatic carbocycles. The molecule has 2 aromatic rings. The molecule has 2 amide bonds. The molecule has 0 aromatic heterocycles. The van der Waals surface area contributed by atoms with E-state index in [-0.39, 0.29) is 29.2 Å². The highest BCUT2D eigenvalue weighted by molar-refractivity contribution is 7.92. The molecule has 1 N–H and O–H groups in total. The highest BCUT2D eigenvalue weighted by atomic mass is 35.5. The SMILES string of the molecule is CC(C(=O)NC1CCCC1)N(Cc1ccc(F)cc1)C(=O)CN(c1ccc(F)c(Cl)c1)S(C)(=O)=O. The van der Waals surface area contributed by atoms with Gasteiger partial charge in [-0.15, -0.1) is 0 Å². The molecule has 2 aromatic carbocycles. The Bertz CT molecular complexity index is 1170. The highest BCUT2D eigenvalue weighted by Crippen LogP contribution is 2.25. The molecule has 0 bridgehead atoms. The standard InChI is InChI=1S/C24H28ClF2N3O4S/c1-16(24(32)28-19-5-3-4-6-19)29(14-17-7-9-18(26)10-8-17)23(31)15-30(35(2,33)34)20-11-12-22(27)21(25)13-20/h7-13,16,19H,3-6,14-15H2,1-2H3,(H,28,32). The third kappa shape index (κ3) is 7.14. The first-order valence-electron chi connectivity index (χ1n) is 11.2. The van der Waals surface area contributed by atoms with Gasteiger partial charge in [0.2, 0.25) is 21.8 Å². The molecule has 190 valence electrons. The number of carbonyl (C=O) groups excluding carboxylic acids is 2. The summed E-state index contributed by atoms with van der Waals surface area (Å²) < 4.78 is 52.9. The zero-order valence-electron chi connectivity index (χ0n) is 19.5. The van der Waals surface area contributed by atoms with Crippen LogP contribution in [-0.2, 0) is 26.2 Å². The number of nitrogens with one attached hydrogen (secondary N) is 1. The molecule has 0 heterocycles. The first-order chi connectivity index (χ1) is 16.5. The van der Waals surface area contributed by atoms with Crippen molar-refractivity contribution in [3.63, 3.8) is 0 Å². The van der Waals surface area contributed by atoms with Crippen molar-refractivity contribution >= 4 is 39.1 Å². The fourth-order valence-electron chi connectivity index (χ4n) is 4.01. The number of carbonyl (C=O) groups is 2. The Hall–Kier alpha value is -2.72. The molecule has 35 heavy (non-hydrogen) atoms. The molecule has 1 saturated carbocycles. The van der Waals surface area contributed by atoms with Gasteiger partial charge in [-0.1, -0.05) is 36.6 Å². The van der Waals surface area contributed by atoms with Gasteiger partial charge in [-0.3, -0.25) is 13.9 Å². The van der Waals surface area contributed by atoms with E-state index < -0.39 is 40.2 Å². The Labute approximate surface area is 209 Å². The first kappa shape index (κ1) is 26.9. The molecule has 1 aliphatic rings. The van der Waals surface area contributed by atoms with Crippen LogP contribution in [0.5, 0.6) is 0 Å². The first-order valence-corrected chi connectivity index (χ1v) is 13.5. The summed E-state index contributed by atoms with van der Waals surface area (Å²) in [6.45, 7) is 0.883. The number of rotatable bonds is 9. The minimum atomic E-state index is -3.96. The van der Waals surface area contributed by atoms with Crippen molar-refractivity contribution in [3.8, 4) is 0 Å². The van der Waals surface area contributed by atoms with Crippen molar-refractivity contribution in [2.75, 3.05) is 17.1 Å². The van der Waals surface area contributed by atoms with Gasteiger partial charge in [-0.25, -0.2) is 17.2 Å². The molecule has 0 saturated heterocycles. The normalized spacial score (nSPS) is 15.0. The number of nitrogens with zero attached hydrogens (tertiary/aromatic N) is 2. The fourth-order valence-corrected chi connectivity index (χ4v) is 5.03. The van der Waals surface area contributed by atoms with Gasteiger partial charge in [0.15, 0.2) is 0 Å². The van der Waals surface area contributed by atoms with Crippen LogP contribution in [0.25, 0.3) is 0 Å². The minimum Gasteiger partial charge on any atom is -0.352 e. The Morgan fingerprint density at radius 2 is 1.74 bits per heavy atom. The molecule has 0 aliphatic heterocycles. The number of hydrogen-bond donors (Lipinski definition) is 1. The van der Waals surface area contributed by atoms with Crippen LogP contribution in [0.15, 0.2) is 42.5 Å². The van der Waals surface area contributed by atoms with Crippen LogP contribution in [-0.4, -0.2) is 50.0 Å². The van der Waals surface area contributed by atoms with E-state index in [9.17, 15) is 26.8 Å². The van der Waals surface area contributed by atoms with E-state index in [0.717, 1.165) is 48.4 Å². The third-order valence-corrected chi connectivity index (χ3v) is 7.44. The smallest absolute Gasteiger partial charge is 0.244 e. The number of amides is 2. The quantitative estimate of drug-likeness (QED) is 0.536. The van der Waals surface area contributed by atoms with E-state index >= 15 is 0 Å². The molecular weight excluding hydrogens is 500 g/mol. The average molecular weight is 528 g/mol. The lowest BCUT2D eigenvalue weighted by Crippen LogP contribution is -2.52. The molecule has 7 nitrogen and oxygen atoms in total. The summed E-state index contributed by atoms with van der Waals surface area (Å²) in [6.07, 6.45) is 4.66. The van der Waals surface area contributed by atoms with E-state index in [0.29, 0.717) is 5.56 Å². The van der Waals surface area contributed by atoms with Gasteiger partial charge < -0.3 is 10.2 Å². The van der Waals surface area contributed by atoms with Gasteiger partial charge in [-0.2, -0.15) is 0 Å². The molecule has 1 atom stereocenters. The summed E-state index contributed by atoms with van der Waals surface area (Å²) in [5, 5.41) is 2.66. The zero-order valence-corrected chi connectivity index (χ0v) is 21.1. The number of sulfonamides is 1. The summed E-state index contributed by atoms with van der Waals surface area (Å²) in [6, 6.07) is 7.90. The Kier molecular flexibility index (Phi) is 8.71. The third-order valence-electron chi connectivity index (χ3n) is 6.01. The maximum atomic E-state index is 13.6. The average Bonchev–Trinajstić information content (AvgIpc) is 3.30. The maximum absolute atomic E-state index is 13.6. The van der Waals surface area contributed by atoms with Gasteiger partial charge in [0.1, 0.15) is 24.2 Å². The van der Waals surface area contributed by atoms with Crippen molar-refractivity contribution in [2.45, 2.75) is 51.2 Å². The monoisotopic (exact) mass is 527 g/mol. The predicted molar refractivity (Wildman–Crippen MR) is 130 cm³/mol. The second-order valence-electron chi connectivity index (χ2n) is 8.68. The van der Waals surface area contributed by atoms with Crippen molar-refractivity contribution in [1.29, 1.82) is 0 Å². The molecule has 1 fully saturated rings. The van der Waals surface area contributed by atoms with Crippen LogP contribution in [0.1, 0.15) is 38.2 Å². The summed E-state index contributed by atoms with van der Waals surface area (Å²) in [4.78, 5) is 27.7. The van der Waals surface area contributed by atoms with Crippen molar-refractivity contribution in [1.82, 2.24) is 10.2 Å². The van der Waals surface area contributed by atoms with Crippen LogP contribution < -0.4 is 9.62 Å². The van der Waals surface area contributed by atoms with Crippen molar-refractivity contribution < 1.29 is 26.8 Å². The molecule has 11 heteroatoms. The lowest BCUT2D eigenvalue weighted by atomic mass is 10.1. The second-order valence-corrected chi connectivity index (χ2v) is 11.0. The van der Waals surface area contributed by atoms with Gasteiger partial charge >= 0.3 is 0 Å². The number of anilines is 1. The summed E-state index contributed by atoms with van der Waals surface area (Å²) in [5.41, 5.74) is 0.577. The van der Waals surface area contributed by atoms with Gasteiger partial charge in [0.25, 0.3) is 0 Å². The van der Waals surface area contributed by atoms with Crippen LogP contribution in [0.3, 0.4) is 0 Å². The van der Waals surface area contributed by atoms with Crippen molar-refractivity contribution in [3.05, 3.63) is 64.7 Å². The van der Waals surface area contributed by atoms with E-state index in [1.165, 1.54) is 35.2 Å². The highest BCUT2D eigenvalue weighted by Gasteiger charge is 2.31. The molecule has 1 unspecified atom stereocenters. The molecule has 0 radical (unpaired) electrons. The van der Waals surface area contributed by atoms with Crippen LogP contribution in [0.2, 0.25) is 5.02 Å². The van der Waals surface area contributed by atoms with Crippen molar-refractivity contribution in [2.24, 2.45) is 0 Å². The number of hydrogen-bond acceptors (Lipinski definition) is 4. The molecular formula is C24H28ClF2N3O4S. The zero-order chi connectivity index (χ0) is 25.8. The second kappa shape index (κ2) is 11.3. The van der Waals surface area contributed by atoms with Crippen LogP contribution >= 0.6 is 11.6 Å². The van der Waals surface area contributed by atoms with E-state index in [2.05, 4.69) is 5.32 Å². The van der Waals surface area contributed by atoms with Gasteiger partial charge in [0, 0.05) is 12.6 Å². The minimum absolute atomic E-state index is 0.0112. The Balaban J connectivity index is 1.88. The van der Waals surface area contributed by atoms with Crippen LogP contribution in [0, 0.1) is 11.6 Å². The summed E-state index contributed by atoms with van der Waals surface area (Å²) >= 11 is 5.82. The maximum Gasteiger partial charge on any atom is 0.244 e. The molecule has 3 rings (SSSR count). The number of benzene rings is 2. The van der Waals surface area contributed by atoms with Gasteiger partial charge in [0.05, 0.1) is 17.0 Å². The molecule has 0 spiro atoms. The fraction of sp³-hybridized carbons (Fsp3) is 0.417. The topological polar surface area (TPSA) is 86.8 Å². The largest absolute Gasteiger partial charge is 0.352 e. The van der Waals surface area contributed by atoms with E-state index in [4.69, 9.17) is 11.6 Å². The lowest BCUT2D eigenvalue weighted by Gasteiger charge is -2.32.